The van der Waals surface area contributed by atoms with Crippen molar-refractivity contribution in [3.05, 3.63) is 47.5 Å². The molecular weight excluding hydrogens is 571 g/mol. The van der Waals surface area contributed by atoms with E-state index >= 15 is 0 Å². The van der Waals surface area contributed by atoms with E-state index in [-0.39, 0.29) is 21.8 Å². The van der Waals surface area contributed by atoms with Gasteiger partial charge >= 0.3 is 18.1 Å². The number of aromatic carboxylic acids is 1. The van der Waals surface area contributed by atoms with E-state index in [1.807, 2.05) is 4.90 Å². The van der Waals surface area contributed by atoms with Crippen molar-refractivity contribution in [3.63, 3.8) is 0 Å². The zero-order valence-electron chi connectivity index (χ0n) is 22.0. The summed E-state index contributed by atoms with van der Waals surface area (Å²) in [5, 5.41) is 28.1. The molecule has 0 saturated carbocycles. The second kappa shape index (κ2) is 13.8. The first-order valence-electron chi connectivity index (χ1n) is 12.0. The Morgan fingerprint density at radius 3 is 2.12 bits per heavy atom. The fourth-order valence-corrected chi connectivity index (χ4v) is 5.10. The highest BCUT2D eigenvalue weighted by molar-refractivity contribution is 7.93. The molecule has 1 saturated heterocycles. The molecule has 16 heteroatoms. The van der Waals surface area contributed by atoms with Gasteiger partial charge in [0.15, 0.2) is 0 Å². The highest BCUT2D eigenvalue weighted by Gasteiger charge is 2.38. The maximum Gasteiger partial charge on any atom is 0.490 e. The van der Waals surface area contributed by atoms with Crippen LogP contribution in [0.3, 0.4) is 0 Å². The highest BCUT2D eigenvalue weighted by Crippen LogP contribution is 2.29. The molecule has 0 radical (unpaired) electrons. The second-order valence-corrected chi connectivity index (χ2v) is 10.5. The molecule has 3 rings (SSSR count). The normalized spacial score (nSPS) is 13.8. The molecule has 2 aromatic carbocycles. The molecule has 0 unspecified atom stereocenters. The maximum absolute atomic E-state index is 13.1. The lowest BCUT2D eigenvalue weighted by molar-refractivity contribution is -0.192. The Kier molecular flexibility index (Phi) is 11.1. The van der Waals surface area contributed by atoms with Crippen LogP contribution in [-0.2, 0) is 19.6 Å². The van der Waals surface area contributed by atoms with Crippen LogP contribution in [0.5, 0.6) is 0 Å². The number of sulfonamides is 1. The van der Waals surface area contributed by atoms with Gasteiger partial charge in [-0.15, -0.1) is 0 Å². The number of alkyl halides is 3. The Hall–Kier alpha value is -4.36. The predicted octanol–water partition coefficient (Wildman–Crippen LogP) is 3.12. The molecule has 41 heavy (non-hydrogen) atoms. The predicted molar refractivity (Wildman–Crippen MR) is 142 cm³/mol. The third-order valence-corrected chi connectivity index (χ3v) is 7.14. The number of carboxylic acids is 2. The molecule has 1 heterocycles. The van der Waals surface area contributed by atoms with Crippen LogP contribution in [0.1, 0.15) is 29.3 Å². The van der Waals surface area contributed by atoms with E-state index in [1.165, 1.54) is 31.2 Å². The van der Waals surface area contributed by atoms with Gasteiger partial charge in [0.2, 0.25) is 5.91 Å². The molecule has 12 nitrogen and oxygen atoms in total. The summed E-state index contributed by atoms with van der Waals surface area (Å²) in [5.74, 6) is -4.45. The number of carbonyl (C=O) groups excluding carboxylic acids is 1. The smallest absolute Gasteiger partial charge is 0.478 e. The number of nitrogens with one attached hydrogen (secondary N) is 2. The average molecular weight is 600 g/mol. The fourth-order valence-electron chi connectivity index (χ4n) is 3.78. The lowest BCUT2D eigenvalue weighted by Gasteiger charge is -2.36. The molecule has 0 aromatic heterocycles. The van der Waals surface area contributed by atoms with Gasteiger partial charge in [-0.05, 0) is 42.8 Å². The van der Waals surface area contributed by atoms with E-state index in [0.29, 0.717) is 37.3 Å². The molecule has 222 valence electrons. The number of anilines is 3. The van der Waals surface area contributed by atoms with Crippen molar-refractivity contribution >= 4 is 44.9 Å². The van der Waals surface area contributed by atoms with Gasteiger partial charge in [0, 0.05) is 51.8 Å². The lowest BCUT2D eigenvalue weighted by Crippen LogP contribution is -2.46. The van der Waals surface area contributed by atoms with Crippen LogP contribution in [0.25, 0.3) is 0 Å². The SMILES string of the molecule is CC(=O)Nc1ccc(C)cc1S(=O)(=O)Nc1ccc(N2CCN(CCC#N)CC2)cc1C(=O)O.O=C(O)C(F)(F)F. The minimum absolute atomic E-state index is 0.0702. The van der Waals surface area contributed by atoms with Gasteiger partial charge < -0.3 is 20.4 Å². The van der Waals surface area contributed by atoms with Gasteiger partial charge in [-0.1, -0.05) is 6.07 Å². The summed E-state index contributed by atoms with van der Waals surface area (Å²) in [4.78, 5) is 36.4. The second-order valence-electron chi connectivity index (χ2n) is 8.86. The van der Waals surface area contributed by atoms with Gasteiger partial charge in [0.05, 0.1) is 23.0 Å². The molecule has 0 spiro atoms. The van der Waals surface area contributed by atoms with Crippen LogP contribution < -0.4 is 14.9 Å². The number of hydrogen-bond donors (Lipinski definition) is 4. The highest BCUT2D eigenvalue weighted by atomic mass is 32.2. The molecule has 0 bridgehead atoms. The summed E-state index contributed by atoms with van der Waals surface area (Å²) < 4.78 is 60.4. The van der Waals surface area contributed by atoms with E-state index in [1.54, 1.807) is 19.1 Å². The molecule has 0 atom stereocenters. The molecule has 1 aliphatic rings. The third-order valence-electron chi connectivity index (χ3n) is 5.73. The average Bonchev–Trinajstić information content (AvgIpc) is 2.88. The Bertz CT molecular complexity index is 1430. The van der Waals surface area contributed by atoms with Crippen LogP contribution in [0.2, 0.25) is 0 Å². The first kappa shape index (κ1) is 32.8. The zero-order valence-corrected chi connectivity index (χ0v) is 22.8. The minimum atomic E-state index is -5.08. The van der Waals surface area contributed by atoms with Crippen LogP contribution >= 0.6 is 0 Å². The number of carboxylic acid groups (broad SMARTS) is 2. The Morgan fingerprint density at radius 2 is 1.61 bits per heavy atom. The van der Waals surface area contributed by atoms with Gasteiger partial charge in [-0.25, -0.2) is 18.0 Å². The van der Waals surface area contributed by atoms with Crippen molar-refractivity contribution in [3.8, 4) is 6.07 Å². The van der Waals surface area contributed by atoms with Gasteiger partial charge in [-0.2, -0.15) is 18.4 Å². The number of amides is 1. The summed E-state index contributed by atoms with van der Waals surface area (Å²) >= 11 is 0. The molecule has 0 aliphatic carbocycles. The van der Waals surface area contributed by atoms with Crippen molar-refractivity contribution in [1.29, 1.82) is 5.26 Å². The van der Waals surface area contributed by atoms with E-state index < -0.39 is 34.0 Å². The quantitative estimate of drug-likeness (QED) is 0.352. The number of nitriles is 1. The van der Waals surface area contributed by atoms with Crippen LogP contribution in [0.4, 0.5) is 30.2 Å². The summed E-state index contributed by atoms with van der Waals surface area (Å²) in [6.07, 6.45) is -4.62. The number of rotatable bonds is 8. The monoisotopic (exact) mass is 599 g/mol. The zero-order chi connectivity index (χ0) is 31.0. The van der Waals surface area contributed by atoms with Gasteiger partial charge in [0.1, 0.15) is 4.90 Å². The number of hydrogen-bond acceptors (Lipinski definition) is 8. The fraction of sp³-hybridized carbons (Fsp3) is 0.360. The van der Waals surface area contributed by atoms with Crippen molar-refractivity contribution in [2.75, 3.05) is 47.7 Å². The third kappa shape index (κ3) is 9.65. The molecule has 2 aromatic rings. The first-order chi connectivity index (χ1) is 19.0. The number of piperazine rings is 1. The summed E-state index contributed by atoms with van der Waals surface area (Å²) in [7, 11) is -4.20. The van der Waals surface area contributed by atoms with E-state index in [2.05, 4.69) is 21.0 Å². The molecular formula is C25H28F3N5O7S. The number of benzene rings is 2. The van der Waals surface area contributed by atoms with Gasteiger partial charge in [0.25, 0.3) is 10.0 Å². The number of carbonyl (C=O) groups is 3. The standard InChI is InChI=1S/C23H27N5O5S.C2HF3O2/c1-16-4-6-21(25-17(2)29)22(14-16)34(32,33)26-20-7-5-18(15-19(20)23(30)31)28-12-10-27(11-13-28)9-3-8-24;3-2(4,5)1(6)7/h4-7,14-15,26H,3,9-13H2,1-2H3,(H,25,29)(H,30,31);(H,6,7). The number of nitrogens with zero attached hydrogens (tertiary/aromatic N) is 3. The van der Waals surface area contributed by atoms with Gasteiger partial charge in [-0.3, -0.25) is 14.4 Å². The van der Waals surface area contributed by atoms with E-state index in [4.69, 9.17) is 15.2 Å². The minimum Gasteiger partial charge on any atom is -0.478 e. The summed E-state index contributed by atoms with van der Waals surface area (Å²) in [6.45, 7) is 6.51. The Morgan fingerprint density at radius 1 is 1.02 bits per heavy atom. The molecule has 1 fully saturated rings. The van der Waals surface area contributed by atoms with E-state index in [9.17, 15) is 36.3 Å². The van der Waals surface area contributed by atoms with Crippen molar-refractivity contribution in [2.24, 2.45) is 0 Å². The lowest BCUT2D eigenvalue weighted by atomic mass is 10.1. The van der Waals surface area contributed by atoms with Crippen LogP contribution in [0.15, 0.2) is 41.3 Å². The van der Waals surface area contributed by atoms with Crippen molar-refractivity contribution in [2.45, 2.75) is 31.3 Å². The Labute approximate surface area is 234 Å². The largest absolute Gasteiger partial charge is 0.490 e. The first-order valence-corrected chi connectivity index (χ1v) is 13.5. The van der Waals surface area contributed by atoms with E-state index in [0.717, 1.165) is 13.1 Å². The number of aliphatic carboxylic acids is 1. The van der Waals surface area contributed by atoms with Crippen molar-refractivity contribution < 1.29 is 46.2 Å². The molecule has 1 aliphatic heterocycles. The maximum atomic E-state index is 13.1. The summed E-state index contributed by atoms with van der Waals surface area (Å²) in [6, 6.07) is 11.3. The molecule has 1 amide bonds. The van der Waals surface area contributed by atoms with Crippen LogP contribution in [0, 0.1) is 18.3 Å². The van der Waals surface area contributed by atoms with Crippen molar-refractivity contribution in [1.82, 2.24) is 4.90 Å². The number of halogens is 3. The summed E-state index contributed by atoms with van der Waals surface area (Å²) in [5.41, 5.74) is 1.20. The van der Waals surface area contributed by atoms with Crippen LogP contribution in [-0.4, -0.2) is 80.3 Å². The molecule has 4 N–H and O–H groups in total. The number of aryl methyl sites for hydroxylation is 1. The topological polar surface area (TPSA) is 180 Å². The Balaban J connectivity index is 0.000000745.